The van der Waals surface area contributed by atoms with Gasteiger partial charge in [-0.3, -0.25) is 14.4 Å². The lowest BCUT2D eigenvalue weighted by Gasteiger charge is -2.24. The number of fused-ring (bicyclic) bond motifs is 2. The Hall–Kier alpha value is -2.63. The van der Waals surface area contributed by atoms with Gasteiger partial charge in [0.2, 0.25) is 5.91 Å². The quantitative estimate of drug-likeness (QED) is 0.826. The van der Waals surface area contributed by atoms with Gasteiger partial charge in [0.05, 0.1) is 11.8 Å². The van der Waals surface area contributed by atoms with Gasteiger partial charge >= 0.3 is 5.97 Å². The van der Waals surface area contributed by atoms with Crippen LogP contribution in [0.2, 0.25) is 0 Å². The Labute approximate surface area is 140 Å². The number of hydrogen-bond acceptors (Lipinski definition) is 3. The summed E-state index contributed by atoms with van der Waals surface area (Å²) in [5.41, 5.74) is 0.976. The number of amides is 2. The molecule has 2 bridgehead atoms. The zero-order valence-electron chi connectivity index (χ0n) is 13.6. The first kappa shape index (κ1) is 16.2. The lowest BCUT2D eigenvalue weighted by atomic mass is 9.82. The molecule has 2 aliphatic rings. The molecule has 2 aliphatic carbocycles. The molecule has 1 aromatic rings. The minimum absolute atomic E-state index is 0.0253. The van der Waals surface area contributed by atoms with Gasteiger partial charge in [-0.2, -0.15) is 0 Å². The summed E-state index contributed by atoms with van der Waals surface area (Å²) < 4.78 is 0. The molecule has 1 aromatic carbocycles. The van der Waals surface area contributed by atoms with Gasteiger partial charge in [-0.05, 0) is 36.5 Å². The van der Waals surface area contributed by atoms with Gasteiger partial charge in [0.1, 0.15) is 0 Å². The number of carbonyl (C=O) groups excluding carboxylic acids is 2. The number of carboxylic acid groups (broad SMARTS) is 1. The van der Waals surface area contributed by atoms with Crippen LogP contribution >= 0.6 is 0 Å². The second kappa shape index (κ2) is 6.11. The van der Waals surface area contributed by atoms with Crippen LogP contribution in [-0.2, 0) is 9.59 Å². The molecule has 0 radical (unpaired) electrons. The van der Waals surface area contributed by atoms with Crippen molar-refractivity contribution in [2.75, 3.05) is 19.4 Å². The lowest BCUT2D eigenvalue weighted by molar-refractivity contribution is -0.146. The van der Waals surface area contributed by atoms with Gasteiger partial charge in [0.15, 0.2) is 0 Å². The van der Waals surface area contributed by atoms with Crippen LogP contribution in [0.4, 0.5) is 5.69 Å². The average Bonchev–Trinajstić information content (AvgIpc) is 3.15. The molecule has 4 atom stereocenters. The third kappa shape index (κ3) is 2.79. The summed E-state index contributed by atoms with van der Waals surface area (Å²) in [4.78, 5) is 37.6. The molecule has 24 heavy (non-hydrogen) atoms. The van der Waals surface area contributed by atoms with E-state index < -0.39 is 17.8 Å². The molecular weight excluding hydrogens is 308 g/mol. The number of carbonyl (C=O) groups is 3. The van der Waals surface area contributed by atoms with E-state index in [2.05, 4.69) is 5.32 Å². The van der Waals surface area contributed by atoms with E-state index in [1.54, 1.807) is 38.4 Å². The maximum atomic E-state index is 12.6. The predicted molar refractivity (Wildman–Crippen MR) is 88.4 cm³/mol. The molecule has 1 saturated carbocycles. The Morgan fingerprint density at radius 3 is 2.42 bits per heavy atom. The molecule has 6 heteroatoms. The summed E-state index contributed by atoms with van der Waals surface area (Å²) in [5.74, 6) is -2.71. The number of nitrogens with one attached hydrogen (secondary N) is 1. The largest absolute Gasteiger partial charge is 0.481 e. The summed E-state index contributed by atoms with van der Waals surface area (Å²) in [7, 11) is 3.32. The SMILES string of the molecule is CN(C)C(=O)c1cccc(NC(=O)[C@H]2[C@@H](C(=O)O)[C@H]3C=C[C@H]2C3)c1. The summed E-state index contributed by atoms with van der Waals surface area (Å²) in [6, 6.07) is 6.68. The smallest absolute Gasteiger partial charge is 0.307 e. The molecular formula is C18H20N2O4. The second-order valence-corrected chi connectivity index (χ2v) is 6.61. The zero-order valence-corrected chi connectivity index (χ0v) is 13.6. The predicted octanol–water partition coefficient (Wildman–Crippen LogP) is 1.85. The van der Waals surface area contributed by atoms with Crippen LogP contribution in [0.5, 0.6) is 0 Å². The van der Waals surface area contributed by atoms with E-state index in [4.69, 9.17) is 0 Å². The first-order valence-electron chi connectivity index (χ1n) is 7.92. The van der Waals surface area contributed by atoms with E-state index in [1.807, 2.05) is 12.2 Å². The molecule has 6 nitrogen and oxygen atoms in total. The highest BCUT2D eigenvalue weighted by Crippen LogP contribution is 2.48. The number of aliphatic carboxylic acids is 1. The van der Waals surface area contributed by atoms with Crippen LogP contribution in [0.15, 0.2) is 36.4 Å². The second-order valence-electron chi connectivity index (χ2n) is 6.61. The van der Waals surface area contributed by atoms with Gasteiger partial charge < -0.3 is 15.3 Å². The first-order valence-corrected chi connectivity index (χ1v) is 7.92. The minimum Gasteiger partial charge on any atom is -0.481 e. The van der Waals surface area contributed by atoms with Crippen LogP contribution in [0, 0.1) is 23.7 Å². The van der Waals surface area contributed by atoms with Gasteiger partial charge in [0.25, 0.3) is 5.91 Å². The summed E-state index contributed by atoms with van der Waals surface area (Å²) in [6.07, 6.45) is 4.57. The van der Waals surface area contributed by atoms with Crippen molar-refractivity contribution in [1.82, 2.24) is 4.90 Å². The molecule has 126 valence electrons. The fourth-order valence-corrected chi connectivity index (χ4v) is 3.73. The van der Waals surface area contributed by atoms with Crippen LogP contribution < -0.4 is 5.32 Å². The minimum atomic E-state index is -0.927. The van der Waals surface area contributed by atoms with Crippen LogP contribution in [-0.4, -0.2) is 41.9 Å². The van der Waals surface area contributed by atoms with Gasteiger partial charge in [-0.1, -0.05) is 18.2 Å². The molecule has 0 saturated heterocycles. The summed E-state index contributed by atoms with van der Waals surface area (Å²) in [6.45, 7) is 0. The monoisotopic (exact) mass is 328 g/mol. The van der Waals surface area contributed by atoms with Crippen molar-refractivity contribution in [2.45, 2.75) is 6.42 Å². The maximum absolute atomic E-state index is 12.6. The Kier molecular flexibility index (Phi) is 4.13. The van der Waals surface area contributed by atoms with Gasteiger partial charge in [-0.15, -0.1) is 0 Å². The number of nitrogens with zero attached hydrogens (tertiary/aromatic N) is 1. The molecule has 0 heterocycles. The highest BCUT2D eigenvalue weighted by molar-refractivity contribution is 5.99. The lowest BCUT2D eigenvalue weighted by Crippen LogP contribution is -2.36. The van der Waals surface area contributed by atoms with Crippen molar-refractivity contribution in [3.8, 4) is 0 Å². The summed E-state index contributed by atoms with van der Waals surface area (Å²) >= 11 is 0. The Balaban J connectivity index is 1.78. The number of anilines is 1. The van der Waals surface area contributed by atoms with Crippen LogP contribution in [0.3, 0.4) is 0 Å². The number of rotatable bonds is 4. The summed E-state index contributed by atoms with van der Waals surface area (Å²) in [5, 5.41) is 12.2. The number of carboxylic acids is 1. The van der Waals surface area contributed by atoms with E-state index in [-0.39, 0.29) is 23.7 Å². The molecule has 1 fully saturated rings. The van der Waals surface area contributed by atoms with E-state index in [0.717, 1.165) is 0 Å². The van der Waals surface area contributed by atoms with Crippen LogP contribution in [0.25, 0.3) is 0 Å². The molecule has 0 unspecified atom stereocenters. The standard InChI is InChI=1S/C18H20N2O4/c1-20(2)17(22)12-4-3-5-13(9-12)19-16(21)14-10-6-7-11(8-10)15(14)18(23)24/h3-7,9-11,14-15H,8H2,1-2H3,(H,19,21)(H,23,24)/t10-,11-,14+,15-/m0/s1. The third-order valence-electron chi connectivity index (χ3n) is 4.83. The van der Waals surface area contributed by atoms with Crippen molar-refractivity contribution in [2.24, 2.45) is 23.7 Å². The van der Waals surface area contributed by atoms with Crippen molar-refractivity contribution < 1.29 is 19.5 Å². The fraction of sp³-hybridized carbons (Fsp3) is 0.389. The molecule has 0 aliphatic heterocycles. The highest BCUT2D eigenvalue weighted by Gasteiger charge is 2.51. The Morgan fingerprint density at radius 1 is 1.12 bits per heavy atom. The normalized spacial score (nSPS) is 27.1. The number of allylic oxidation sites excluding steroid dienone is 2. The van der Waals surface area contributed by atoms with E-state index >= 15 is 0 Å². The van der Waals surface area contributed by atoms with E-state index in [0.29, 0.717) is 17.7 Å². The fourth-order valence-electron chi connectivity index (χ4n) is 3.73. The molecule has 2 amide bonds. The maximum Gasteiger partial charge on any atom is 0.307 e. The zero-order chi connectivity index (χ0) is 17.4. The molecule has 3 rings (SSSR count). The molecule has 0 aromatic heterocycles. The molecule has 2 N–H and O–H groups in total. The van der Waals surface area contributed by atoms with Crippen molar-refractivity contribution in [3.63, 3.8) is 0 Å². The first-order chi connectivity index (χ1) is 11.4. The van der Waals surface area contributed by atoms with Crippen molar-refractivity contribution in [1.29, 1.82) is 0 Å². The Morgan fingerprint density at radius 2 is 1.79 bits per heavy atom. The average molecular weight is 328 g/mol. The van der Waals surface area contributed by atoms with E-state index in [9.17, 15) is 19.5 Å². The van der Waals surface area contributed by atoms with Crippen molar-refractivity contribution >= 4 is 23.5 Å². The van der Waals surface area contributed by atoms with Crippen LogP contribution in [0.1, 0.15) is 16.8 Å². The Bertz CT molecular complexity index is 725. The van der Waals surface area contributed by atoms with Gasteiger partial charge in [-0.25, -0.2) is 0 Å². The topological polar surface area (TPSA) is 86.7 Å². The molecule has 0 spiro atoms. The van der Waals surface area contributed by atoms with E-state index in [1.165, 1.54) is 4.90 Å². The van der Waals surface area contributed by atoms with Crippen molar-refractivity contribution in [3.05, 3.63) is 42.0 Å². The number of benzene rings is 1. The highest BCUT2D eigenvalue weighted by atomic mass is 16.4. The third-order valence-corrected chi connectivity index (χ3v) is 4.83. The number of hydrogen-bond donors (Lipinski definition) is 2. The van der Waals surface area contributed by atoms with Gasteiger partial charge in [0, 0.05) is 25.3 Å².